The average molecular weight is 737 g/mol. The fraction of sp³-hybridized carbons (Fsp3) is 0.128. The predicted molar refractivity (Wildman–Crippen MR) is 197 cm³/mol. The summed E-state index contributed by atoms with van der Waals surface area (Å²) in [6.45, 7) is 2.61. The maximum Gasteiger partial charge on any atom is 0.360 e. The molecule has 6 rings (SSSR count). The van der Waals surface area contributed by atoms with E-state index in [-0.39, 0.29) is 29.4 Å². The van der Waals surface area contributed by atoms with Gasteiger partial charge in [0.2, 0.25) is 0 Å². The number of benzene rings is 4. The topological polar surface area (TPSA) is 241 Å². The fourth-order valence-electron chi connectivity index (χ4n) is 5.05. The van der Waals surface area contributed by atoms with E-state index in [4.69, 9.17) is 19.7 Å². The number of para-hydroxylation sites is 2. The predicted octanol–water partition coefficient (Wildman–Crippen LogP) is 5.71. The van der Waals surface area contributed by atoms with Crippen LogP contribution in [0.2, 0.25) is 0 Å². The summed E-state index contributed by atoms with van der Waals surface area (Å²) in [4.78, 5) is 52.0. The van der Waals surface area contributed by atoms with Crippen LogP contribution in [0.4, 0.5) is 0 Å². The molecule has 1 amide bonds. The highest BCUT2D eigenvalue weighted by Gasteiger charge is 2.22. The molecule has 4 aromatic carbocycles. The van der Waals surface area contributed by atoms with Gasteiger partial charge in [-0.2, -0.15) is 0 Å². The van der Waals surface area contributed by atoms with Crippen molar-refractivity contribution in [2.24, 2.45) is 5.73 Å². The number of nitrogens with zero attached hydrogens (tertiary/aromatic N) is 2. The number of aromatic hydroxyl groups is 2. The number of pyridine rings is 2. The molecule has 0 bridgehead atoms. The Hall–Kier alpha value is -7.26. The lowest BCUT2D eigenvalue weighted by Gasteiger charge is -2.13. The van der Waals surface area contributed by atoms with Gasteiger partial charge in [-0.3, -0.25) is 14.4 Å². The van der Waals surface area contributed by atoms with Crippen molar-refractivity contribution in [1.29, 1.82) is 0 Å². The van der Waals surface area contributed by atoms with Gasteiger partial charge in [-0.25, -0.2) is 14.8 Å². The molecule has 15 heteroatoms. The first-order valence-corrected chi connectivity index (χ1v) is 16.1. The van der Waals surface area contributed by atoms with E-state index in [0.717, 1.165) is 0 Å². The third-order valence-electron chi connectivity index (χ3n) is 7.40. The lowest BCUT2D eigenvalue weighted by atomic mass is 10.1. The summed E-state index contributed by atoms with van der Waals surface area (Å²) in [5, 5.41) is 41.4. The maximum atomic E-state index is 12.1. The van der Waals surface area contributed by atoms with Crippen LogP contribution in [0.15, 0.2) is 97.1 Å². The van der Waals surface area contributed by atoms with Gasteiger partial charge in [0.1, 0.15) is 29.5 Å². The number of carboxylic acid groups (broad SMARTS) is 2. The van der Waals surface area contributed by atoms with Gasteiger partial charge < -0.3 is 45.7 Å². The number of fused-ring (bicyclic) bond motifs is 2. The molecule has 54 heavy (non-hydrogen) atoms. The van der Waals surface area contributed by atoms with Crippen molar-refractivity contribution in [3.05, 3.63) is 120 Å². The van der Waals surface area contributed by atoms with Crippen LogP contribution >= 0.6 is 0 Å². The molecule has 7 N–H and O–H groups in total. The van der Waals surface area contributed by atoms with Crippen LogP contribution in [-0.2, 0) is 14.3 Å². The monoisotopic (exact) mass is 736 g/mol. The van der Waals surface area contributed by atoms with E-state index in [0.29, 0.717) is 55.9 Å². The molecule has 0 aliphatic heterocycles. The standard InChI is InChI=1S/C19H16N2O5.C18H15NO4.C2H5NO2/c1-11-16-13(18(24)17(21-11)19(25)20-10-15(22)23)8-5-9-14(16)26-12-6-3-2-4-7-12;1-11-15-13(17(20)16(19-11)18(21)22-2)9-6-10-14(15)23-12-7-4-3-5-8-12;3-1-2(4)5/h2-9,24H,10H2,1H3,(H,20,25)(H,22,23);3-10,20H,1-2H3;1,3H2,(H,4,5). The molecule has 0 saturated heterocycles. The molecule has 6 aromatic rings. The second-order valence-corrected chi connectivity index (χ2v) is 11.1. The fourth-order valence-corrected chi connectivity index (χ4v) is 5.05. The number of carbonyl (C=O) groups excluding carboxylic acids is 2. The molecule has 0 aliphatic carbocycles. The zero-order valence-electron chi connectivity index (χ0n) is 29.3. The SMILES string of the molecule is COC(=O)c1nc(C)c2c(Oc3ccccc3)cccc2c1O.Cc1nc(C(=O)NCC(=O)O)c(O)c2cccc(Oc3ccccc3)c12.NCC(=O)O. The number of nitrogens with two attached hydrogens (primary N) is 1. The van der Waals surface area contributed by atoms with Crippen molar-refractivity contribution >= 4 is 45.4 Å². The number of carboxylic acids is 2. The second kappa shape index (κ2) is 18.3. The van der Waals surface area contributed by atoms with Crippen LogP contribution in [0.5, 0.6) is 34.5 Å². The summed E-state index contributed by atoms with van der Waals surface area (Å²) < 4.78 is 16.4. The third kappa shape index (κ3) is 9.74. The summed E-state index contributed by atoms with van der Waals surface area (Å²) in [6.07, 6.45) is 0. The quantitative estimate of drug-likeness (QED) is 0.0975. The molecule has 0 radical (unpaired) electrons. The second-order valence-electron chi connectivity index (χ2n) is 11.1. The van der Waals surface area contributed by atoms with E-state index < -0.39 is 30.4 Å². The van der Waals surface area contributed by atoms with Gasteiger partial charge >= 0.3 is 17.9 Å². The van der Waals surface area contributed by atoms with Gasteiger partial charge in [0.15, 0.2) is 22.9 Å². The molecule has 2 aromatic heterocycles. The van der Waals surface area contributed by atoms with Crippen molar-refractivity contribution in [1.82, 2.24) is 15.3 Å². The Morgan fingerprint density at radius 2 is 1.07 bits per heavy atom. The molecule has 0 aliphatic rings. The van der Waals surface area contributed by atoms with Crippen molar-refractivity contribution in [3.63, 3.8) is 0 Å². The van der Waals surface area contributed by atoms with Gasteiger partial charge in [0.25, 0.3) is 5.91 Å². The Morgan fingerprint density at radius 3 is 1.48 bits per heavy atom. The Labute approximate surface area is 308 Å². The summed E-state index contributed by atoms with van der Waals surface area (Å²) in [6, 6.07) is 28.8. The first kappa shape index (κ1) is 39.5. The maximum absolute atomic E-state index is 12.1. The number of amides is 1. The van der Waals surface area contributed by atoms with Crippen LogP contribution in [-0.4, -0.2) is 74.4 Å². The number of rotatable bonds is 9. The first-order chi connectivity index (χ1) is 25.9. The minimum atomic E-state index is -1.19. The number of esters is 1. The Bertz CT molecular complexity index is 2300. The Balaban J connectivity index is 0.000000215. The minimum Gasteiger partial charge on any atom is -0.505 e. The Kier molecular flexibility index (Phi) is 13.4. The molecule has 278 valence electrons. The van der Waals surface area contributed by atoms with Crippen LogP contribution in [0, 0.1) is 13.8 Å². The van der Waals surface area contributed by atoms with Crippen molar-refractivity contribution in [2.75, 3.05) is 20.2 Å². The smallest absolute Gasteiger partial charge is 0.360 e. The highest BCUT2D eigenvalue weighted by Crippen LogP contribution is 2.38. The zero-order chi connectivity index (χ0) is 39.4. The molecule has 2 heterocycles. The van der Waals surface area contributed by atoms with E-state index in [1.54, 1.807) is 62.4 Å². The van der Waals surface area contributed by atoms with E-state index in [9.17, 15) is 29.4 Å². The molecular formula is C39H36N4O11. The van der Waals surface area contributed by atoms with Gasteiger partial charge in [-0.05, 0) is 50.2 Å². The highest BCUT2D eigenvalue weighted by molar-refractivity contribution is 6.05. The van der Waals surface area contributed by atoms with Crippen molar-refractivity contribution in [3.8, 4) is 34.5 Å². The molecular weight excluding hydrogens is 700 g/mol. The first-order valence-electron chi connectivity index (χ1n) is 16.1. The number of nitrogens with one attached hydrogen (secondary N) is 1. The van der Waals surface area contributed by atoms with Crippen LogP contribution in [0.3, 0.4) is 0 Å². The van der Waals surface area contributed by atoms with E-state index >= 15 is 0 Å². The number of aromatic nitrogens is 2. The van der Waals surface area contributed by atoms with E-state index in [2.05, 4.69) is 25.8 Å². The molecule has 0 saturated carbocycles. The number of hydrogen-bond acceptors (Lipinski definition) is 12. The van der Waals surface area contributed by atoms with E-state index in [1.807, 2.05) is 48.5 Å². The number of aliphatic carboxylic acids is 2. The average Bonchev–Trinajstić information content (AvgIpc) is 3.17. The molecule has 0 atom stereocenters. The van der Waals surface area contributed by atoms with Crippen LogP contribution in [0.1, 0.15) is 32.4 Å². The van der Waals surface area contributed by atoms with Gasteiger partial charge in [-0.15, -0.1) is 0 Å². The highest BCUT2D eigenvalue weighted by atomic mass is 16.5. The van der Waals surface area contributed by atoms with E-state index in [1.165, 1.54) is 7.11 Å². The van der Waals surface area contributed by atoms with Gasteiger partial charge in [0.05, 0.1) is 25.0 Å². The summed E-state index contributed by atoms with van der Waals surface area (Å²) in [7, 11) is 1.25. The third-order valence-corrected chi connectivity index (χ3v) is 7.40. The number of methoxy groups -OCH3 is 1. The zero-order valence-corrected chi connectivity index (χ0v) is 29.3. The summed E-state index contributed by atoms with van der Waals surface area (Å²) in [5.74, 6) is -1.77. The molecule has 15 nitrogen and oxygen atoms in total. The minimum absolute atomic E-state index is 0.102. The molecule has 0 spiro atoms. The molecule has 0 unspecified atom stereocenters. The number of aryl methyl sites for hydroxylation is 2. The normalized spacial score (nSPS) is 10.2. The van der Waals surface area contributed by atoms with Crippen LogP contribution < -0.4 is 20.5 Å². The van der Waals surface area contributed by atoms with Gasteiger partial charge in [-0.1, -0.05) is 60.7 Å². The number of carbonyl (C=O) groups is 4. The lowest BCUT2D eigenvalue weighted by Crippen LogP contribution is -2.30. The van der Waals surface area contributed by atoms with Crippen molar-refractivity contribution < 1.29 is 53.8 Å². The van der Waals surface area contributed by atoms with Crippen LogP contribution in [0.25, 0.3) is 21.5 Å². The van der Waals surface area contributed by atoms with Gasteiger partial charge in [0, 0.05) is 21.5 Å². The lowest BCUT2D eigenvalue weighted by molar-refractivity contribution is -0.136. The summed E-state index contributed by atoms with van der Waals surface area (Å²) >= 11 is 0. The largest absolute Gasteiger partial charge is 0.505 e. The number of hydrogen-bond donors (Lipinski definition) is 6. The van der Waals surface area contributed by atoms with Crippen molar-refractivity contribution in [2.45, 2.75) is 13.8 Å². The summed E-state index contributed by atoms with van der Waals surface area (Å²) in [5.41, 5.74) is 5.29. The molecule has 0 fully saturated rings. The Morgan fingerprint density at radius 1 is 0.648 bits per heavy atom. The number of ether oxygens (including phenoxy) is 3.